The standard InChI is InChI=1S/C14H16FN3/c1-10-9-18(13-5-6-13)14(17-10)16-8-11-3-2-4-12(15)7-11/h2-4,7,9,13H,5-6,8H2,1H3,(H,16,17). The third-order valence-electron chi connectivity index (χ3n) is 3.13. The lowest BCUT2D eigenvalue weighted by Gasteiger charge is -2.08. The molecule has 3 rings (SSSR count). The van der Waals surface area contributed by atoms with Gasteiger partial charge in [-0.05, 0) is 37.5 Å². The molecule has 1 saturated carbocycles. The lowest BCUT2D eigenvalue weighted by atomic mass is 10.2. The summed E-state index contributed by atoms with van der Waals surface area (Å²) >= 11 is 0. The van der Waals surface area contributed by atoms with Crippen LogP contribution in [0.15, 0.2) is 30.5 Å². The molecule has 0 aliphatic heterocycles. The van der Waals surface area contributed by atoms with E-state index in [1.165, 1.54) is 18.9 Å². The maximum atomic E-state index is 13.1. The Balaban J connectivity index is 1.73. The van der Waals surface area contributed by atoms with E-state index in [4.69, 9.17) is 0 Å². The number of aryl methyl sites for hydroxylation is 1. The molecule has 0 atom stereocenters. The highest BCUT2D eigenvalue weighted by Crippen LogP contribution is 2.37. The van der Waals surface area contributed by atoms with Crippen molar-refractivity contribution in [3.63, 3.8) is 0 Å². The Labute approximate surface area is 106 Å². The van der Waals surface area contributed by atoms with Crippen LogP contribution in [0.4, 0.5) is 10.3 Å². The normalized spacial score (nSPS) is 14.8. The minimum atomic E-state index is -0.198. The Morgan fingerprint density at radius 1 is 1.44 bits per heavy atom. The van der Waals surface area contributed by atoms with Gasteiger partial charge in [0.2, 0.25) is 5.95 Å². The molecule has 0 saturated heterocycles. The van der Waals surface area contributed by atoms with Gasteiger partial charge in [-0.3, -0.25) is 0 Å². The summed E-state index contributed by atoms with van der Waals surface area (Å²) in [7, 11) is 0. The molecule has 1 heterocycles. The van der Waals surface area contributed by atoms with Gasteiger partial charge in [0.1, 0.15) is 5.82 Å². The van der Waals surface area contributed by atoms with Gasteiger partial charge in [0, 0.05) is 18.8 Å². The second-order valence-corrected chi connectivity index (χ2v) is 4.83. The first-order chi connectivity index (χ1) is 8.72. The highest BCUT2D eigenvalue weighted by molar-refractivity contribution is 5.32. The van der Waals surface area contributed by atoms with Crippen LogP contribution in [0.25, 0.3) is 0 Å². The van der Waals surface area contributed by atoms with Crippen molar-refractivity contribution < 1.29 is 4.39 Å². The lowest BCUT2D eigenvalue weighted by Crippen LogP contribution is -2.06. The molecule has 2 aromatic rings. The molecule has 3 nitrogen and oxygen atoms in total. The zero-order valence-electron chi connectivity index (χ0n) is 10.4. The van der Waals surface area contributed by atoms with Gasteiger partial charge in [0.15, 0.2) is 0 Å². The molecule has 0 amide bonds. The van der Waals surface area contributed by atoms with Gasteiger partial charge in [-0.25, -0.2) is 9.37 Å². The minimum Gasteiger partial charge on any atom is -0.352 e. The minimum absolute atomic E-state index is 0.198. The van der Waals surface area contributed by atoms with Crippen molar-refractivity contribution in [2.24, 2.45) is 0 Å². The van der Waals surface area contributed by atoms with Gasteiger partial charge in [-0.2, -0.15) is 0 Å². The van der Waals surface area contributed by atoms with Crippen molar-refractivity contribution in [2.45, 2.75) is 32.4 Å². The summed E-state index contributed by atoms with van der Waals surface area (Å²) in [5, 5.41) is 3.28. The fraction of sp³-hybridized carbons (Fsp3) is 0.357. The van der Waals surface area contributed by atoms with Gasteiger partial charge in [-0.15, -0.1) is 0 Å². The Bertz CT molecular complexity index is 558. The quantitative estimate of drug-likeness (QED) is 0.895. The third-order valence-corrected chi connectivity index (χ3v) is 3.13. The molecule has 1 aliphatic rings. The molecule has 94 valence electrons. The molecule has 1 fully saturated rings. The number of nitrogens with one attached hydrogen (secondary N) is 1. The molecule has 0 unspecified atom stereocenters. The number of imidazole rings is 1. The van der Waals surface area contributed by atoms with E-state index in [0.717, 1.165) is 17.2 Å². The van der Waals surface area contributed by atoms with Crippen molar-refractivity contribution >= 4 is 5.95 Å². The Hall–Kier alpha value is -1.84. The Kier molecular flexibility index (Phi) is 2.78. The number of benzene rings is 1. The highest BCUT2D eigenvalue weighted by atomic mass is 19.1. The monoisotopic (exact) mass is 245 g/mol. The summed E-state index contributed by atoms with van der Waals surface area (Å²) in [5.41, 5.74) is 1.95. The Morgan fingerprint density at radius 2 is 2.28 bits per heavy atom. The summed E-state index contributed by atoms with van der Waals surface area (Å²) < 4.78 is 15.3. The zero-order chi connectivity index (χ0) is 12.5. The number of nitrogens with zero attached hydrogens (tertiary/aromatic N) is 2. The first-order valence-corrected chi connectivity index (χ1v) is 6.26. The van der Waals surface area contributed by atoms with Gasteiger partial charge in [0.25, 0.3) is 0 Å². The summed E-state index contributed by atoms with van der Waals surface area (Å²) in [6.07, 6.45) is 4.53. The van der Waals surface area contributed by atoms with Gasteiger partial charge >= 0.3 is 0 Å². The summed E-state index contributed by atoms with van der Waals surface area (Å²) in [6, 6.07) is 7.24. The zero-order valence-corrected chi connectivity index (χ0v) is 10.4. The second-order valence-electron chi connectivity index (χ2n) is 4.83. The fourth-order valence-corrected chi connectivity index (χ4v) is 2.11. The smallest absolute Gasteiger partial charge is 0.203 e. The van der Waals surface area contributed by atoms with E-state index < -0.39 is 0 Å². The van der Waals surface area contributed by atoms with Crippen molar-refractivity contribution in [3.8, 4) is 0 Å². The van der Waals surface area contributed by atoms with Gasteiger partial charge < -0.3 is 9.88 Å². The Morgan fingerprint density at radius 3 is 3.00 bits per heavy atom. The number of aromatic nitrogens is 2. The molecule has 4 heteroatoms. The van der Waals surface area contributed by atoms with Crippen LogP contribution in [0.2, 0.25) is 0 Å². The van der Waals surface area contributed by atoms with E-state index in [-0.39, 0.29) is 5.82 Å². The molecule has 18 heavy (non-hydrogen) atoms. The molecule has 0 spiro atoms. The SMILES string of the molecule is Cc1cn(C2CC2)c(NCc2cccc(F)c2)n1. The van der Waals surface area contributed by atoms with Crippen LogP contribution in [0.1, 0.15) is 30.1 Å². The van der Waals surface area contributed by atoms with E-state index in [1.807, 2.05) is 13.0 Å². The summed E-state index contributed by atoms with van der Waals surface area (Å²) in [6.45, 7) is 2.59. The van der Waals surface area contributed by atoms with Crippen molar-refractivity contribution in [3.05, 3.63) is 47.5 Å². The number of halogens is 1. The molecular weight excluding hydrogens is 229 g/mol. The van der Waals surface area contributed by atoms with Gasteiger partial charge in [0.05, 0.1) is 5.69 Å². The van der Waals surface area contributed by atoms with Crippen LogP contribution in [0.3, 0.4) is 0 Å². The van der Waals surface area contributed by atoms with Crippen LogP contribution >= 0.6 is 0 Å². The average Bonchev–Trinajstić information content (AvgIpc) is 3.11. The van der Waals surface area contributed by atoms with Crippen molar-refractivity contribution in [2.75, 3.05) is 5.32 Å². The van der Waals surface area contributed by atoms with Crippen LogP contribution < -0.4 is 5.32 Å². The largest absolute Gasteiger partial charge is 0.352 e. The predicted octanol–water partition coefficient (Wildman–Crippen LogP) is 3.28. The second kappa shape index (κ2) is 4.44. The molecular formula is C14H16FN3. The topological polar surface area (TPSA) is 29.9 Å². The number of hydrogen-bond donors (Lipinski definition) is 1. The van der Waals surface area contributed by atoms with E-state index >= 15 is 0 Å². The van der Waals surface area contributed by atoms with E-state index in [2.05, 4.69) is 21.1 Å². The first kappa shape index (κ1) is 11.3. The van der Waals surface area contributed by atoms with Crippen LogP contribution in [0, 0.1) is 12.7 Å². The van der Waals surface area contributed by atoms with E-state index in [9.17, 15) is 4.39 Å². The molecule has 1 aliphatic carbocycles. The summed E-state index contributed by atoms with van der Waals surface area (Å²) in [4.78, 5) is 4.47. The highest BCUT2D eigenvalue weighted by Gasteiger charge is 2.26. The maximum Gasteiger partial charge on any atom is 0.203 e. The number of rotatable bonds is 4. The summed E-state index contributed by atoms with van der Waals surface area (Å²) in [5.74, 6) is 0.690. The maximum absolute atomic E-state index is 13.1. The average molecular weight is 245 g/mol. The van der Waals surface area contributed by atoms with Crippen LogP contribution in [0.5, 0.6) is 0 Å². The van der Waals surface area contributed by atoms with Crippen molar-refractivity contribution in [1.82, 2.24) is 9.55 Å². The van der Waals surface area contributed by atoms with E-state index in [1.54, 1.807) is 12.1 Å². The first-order valence-electron chi connectivity index (χ1n) is 6.26. The molecule has 0 radical (unpaired) electrons. The molecule has 1 N–H and O–H groups in total. The van der Waals surface area contributed by atoms with Crippen molar-refractivity contribution in [1.29, 1.82) is 0 Å². The van der Waals surface area contributed by atoms with Crippen LogP contribution in [-0.2, 0) is 6.54 Å². The fourth-order valence-electron chi connectivity index (χ4n) is 2.11. The molecule has 0 bridgehead atoms. The lowest BCUT2D eigenvalue weighted by molar-refractivity contribution is 0.625. The molecule has 1 aromatic carbocycles. The molecule has 1 aromatic heterocycles. The number of hydrogen-bond acceptors (Lipinski definition) is 2. The predicted molar refractivity (Wildman–Crippen MR) is 69.0 cm³/mol. The number of anilines is 1. The van der Waals surface area contributed by atoms with E-state index in [0.29, 0.717) is 12.6 Å². The third kappa shape index (κ3) is 2.37. The van der Waals surface area contributed by atoms with Crippen LogP contribution in [-0.4, -0.2) is 9.55 Å². The van der Waals surface area contributed by atoms with Gasteiger partial charge in [-0.1, -0.05) is 12.1 Å².